The second-order valence-electron chi connectivity index (χ2n) is 6.86. The lowest BCUT2D eigenvalue weighted by atomic mass is 10.1. The molecule has 2 N–H and O–H groups in total. The number of fused-ring (bicyclic) bond motifs is 1. The van der Waals surface area contributed by atoms with Crippen molar-refractivity contribution in [3.8, 4) is 0 Å². The normalized spacial score (nSPS) is 15.4. The summed E-state index contributed by atoms with van der Waals surface area (Å²) >= 11 is 0. The summed E-state index contributed by atoms with van der Waals surface area (Å²) < 4.78 is 32.2. The molecule has 1 fully saturated rings. The molecule has 0 unspecified atom stereocenters. The van der Waals surface area contributed by atoms with Crippen LogP contribution in [0.4, 0.5) is 0 Å². The van der Waals surface area contributed by atoms with Gasteiger partial charge in [-0.05, 0) is 17.2 Å². The molecule has 0 radical (unpaired) electrons. The molecule has 1 aliphatic rings. The summed E-state index contributed by atoms with van der Waals surface area (Å²) in [4.78, 5) is 12.7. The minimum absolute atomic E-state index is 0.102. The third-order valence-electron chi connectivity index (χ3n) is 4.98. The summed E-state index contributed by atoms with van der Waals surface area (Å²) in [6.45, 7) is 1.80. The van der Waals surface area contributed by atoms with E-state index in [0.717, 1.165) is 10.9 Å². The first-order chi connectivity index (χ1) is 14.0. The molecular weight excluding hydrogens is 392 g/mol. The van der Waals surface area contributed by atoms with Crippen LogP contribution in [0.2, 0.25) is 0 Å². The van der Waals surface area contributed by atoms with Crippen molar-refractivity contribution in [3.05, 3.63) is 65.4 Å². The predicted octanol–water partition coefficient (Wildman–Crippen LogP) is 1.65. The molecule has 1 aliphatic heterocycles. The fourth-order valence-electron chi connectivity index (χ4n) is 3.41. The number of hydrogen-bond donors (Lipinski definition) is 2. The van der Waals surface area contributed by atoms with Crippen molar-refractivity contribution in [1.29, 1.82) is 0 Å². The van der Waals surface area contributed by atoms with Crippen molar-refractivity contribution < 1.29 is 17.9 Å². The van der Waals surface area contributed by atoms with Crippen LogP contribution in [0.15, 0.2) is 48.7 Å². The van der Waals surface area contributed by atoms with Gasteiger partial charge in [-0.25, -0.2) is 8.42 Å². The van der Waals surface area contributed by atoms with Crippen LogP contribution in [0.5, 0.6) is 0 Å². The van der Waals surface area contributed by atoms with Gasteiger partial charge in [-0.15, -0.1) is 0 Å². The van der Waals surface area contributed by atoms with Gasteiger partial charge in [0.05, 0.1) is 36.2 Å². The molecule has 0 atom stereocenters. The lowest BCUT2D eigenvalue weighted by Crippen LogP contribution is -2.41. The van der Waals surface area contributed by atoms with Gasteiger partial charge in [-0.3, -0.25) is 9.89 Å². The number of para-hydroxylation sites is 1. The quantitative estimate of drug-likeness (QED) is 0.638. The average molecular weight is 414 g/mol. The first-order valence-corrected chi connectivity index (χ1v) is 11.0. The molecule has 0 bridgehead atoms. The minimum Gasteiger partial charge on any atom is -0.379 e. The first-order valence-electron chi connectivity index (χ1n) is 9.37. The van der Waals surface area contributed by atoms with E-state index in [1.165, 1.54) is 4.31 Å². The Balaban J connectivity index is 1.48. The summed E-state index contributed by atoms with van der Waals surface area (Å²) in [7, 11) is -3.44. The van der Waals surface area contributed by atoms with Crippen LogP contribution in [0.25, 0.3) is 10.9 Å². The highest BCUT2D eigenvalue weighted by Gasteiger charge is 2.25. The van der Waals surface area contributed by atoms with Gasteiger partial charge in [0.2, 0.25) is 10.0 Å². The van der Waals surface area contributed by atoms with E-state index in [0.29, 0.717) is 42.9 Å². The van der Waals surface area contributed by atoms with Gasteiger partial charge in [0.15, 0.2) is 0 Å². The number of hydrogen-bond acceptors (Lipinski definition) is 5. The second-order valence-corrected chi connectivity index (χ2v) is 8.83. The lowest BCUT2D eigenvalue weighted by molar-refractivity contribution is 0.0729. The molecule has 8 nitrogen and oxygen atoms in total. The fourth-order valence-corrected chi connectivity index (χ4v) is 4.97. The van der Waals surface area contributed by atoms with E-state index >= 15 is 0 Å². The van der Waals surface area contributed by atoms with E-state index in [1.54, 1.807) is 30.5 Å². The summed E-state index contributed by atoms with van der Waals surface area (Å²) in [5, 5.41) is 10.6. The maximum absolute atomic E-state index is 12.8. The molecule has 1 amide bonds. The van der Waals surface area contributed by atoms with Crippen molar-refractivity contribution in [1.82, 2.24) is 19.8 Å². The van der Waals surface area contributed by atoms with Crippen LogP contribution in [0.1, 0.15) is 21.5 Å². The molecule has 4 rings (SSSR count). The van der Waals surface area contributed by atoms with Gasteiger partial charge in [0, 0.05) is 25.0 Å². The Morgan fingerprint density at radius 2 is 1.86 bits per heavy atom. The fraction of sp³-hybridized carbons (Fsp3) is 0.300. The Bertz CT molecular complexity index is 1120. The SMILES string of the molecule is O=C(NCc1ccccc1CS(=O)(=O)N1CCOCC1)c1cccc2cn[nH]c12. The number of benzene rings is 2. The van der Waals surface area contributed by atoms with Gasteiger partial charge < -0.3 is 10.1 Å². The molecule has 3 aromatic rings. The molecule has 1 aromatic heterocycles. The molecule has 152 valence electrons. The number of nitrogens with one attached hydrogen (secondary N) is 2. The highest BCUT2D eigenvalue weighted by molar-refractivity contribution is 7.88. The van der Waals surface area contributed by atoms with Gasteiger partial charge >= 0.3 is 0 Å². The van der Waals surface area contributed by atoms with Crippen molar-refractivity contribution in [3.63, 3.8) is 0 Å². The zero-order valence-electron chi connectivity index (χ0n) is 15.8. The molecule has 2 aromatic carbocycles. The van der Waals surface area contributed by atoms with Gasteiger partial charge in [-0.2, -0.15) is 9.40 Å². The maximum Gasteiger partial charge on any atom is 0.253 e. The zero-order chi connectivity index (χ0) is 20.3. The number of amides is 1. The zero-order valence-corrected chi connectivity index (χ0v) is 16.6. The number of nitrogens with zero attached hydrogens (tertiary/aromatic N) is 2. The number of aromatic nitrogens is 2. The van der Waals surface area contributed by atoms with E-state index in [2.05, 4.69) is 15.5 Å². The van der Waals surface area contributed by atoms with Crippen molar-refractivity contribution >= 4 is 26.8 Å². The average Bonchev–Trinajstić information content (AvgIpc) is 3.22. The molecule has 9 heteroatoms. The largest absolute Gasteiger partial charge is 0.379 e. The maximum atomic E-state index is 12.8. The van der Waals surface area contributed by atoms with Crippen LogP contribution in [-0.2, 0) is 27.1 Å². The second kappa shape index (κ2) is 8.32. The predicted molar refractivity (Wildman–Crippen MR) is 109 cm³/mol. The van der Waals surface area contributed by atoms with Crippen LogP contribution in [0, 0.1) is 0 Å². The van der Waals surface area contributed by atoms with Crippen LogP contribution in [0.3, 0.4) is 0 Å². The molecule has 1 saturated heterocycles. The molecule has 0 aliphatic carbocycles. The number of morpholine rings is 1. The van der Waals surface area contributed by atoms with Crippen molar-refractivity contribution in [2.45, 2.75) is 12.3 Å². The third kappa shape index (κ3) is 4.31. The topological polar surface area (TPSA) is 104 Å². The highest BCUT2D eigenvalue weighted by atomic mass is 32.2. The Hall–Kier alpha value is -2.75. The van der Waals surface area contributed by atoms with Crippen molar-refractivity contribution in [2.75, 3.05) is 26.3 Å². The van der Waals surface area contributed by atoms with Crippen LogP contribution in [-0.4, -0.2) is 55.1 Å². The third-order valence-corrected chi connectivity index (χ3v) is 6.81. The number of carbonyl (C=O) groups excluding carboxylic acids is 1. The number of carbonyl (C=O) groups is 1. The standard InChI is InChI=1S/C20H22N4O4S/c25-20(18-7-3-6-16-13-22-23-19(16)18)21-12-15-4-1-2-5-17(15)14-29(26,27)24-8-10-28-11-9-24/h1-7,13H,8-12,14H2,(H,21,25)(H,22,23). The number of ether oxygens (including phenoxy) is 1. The highest BCUT2D eigenvalue weighted by Crippen LogP contribution is 2.18. The number of sulfonamides is 1. The van der Waals surface area contributed by atoms with Gasteiger partial charge in [0.1, 0.15) is 0 Å². The van der Waals surface area contributed by atoms with E-state index < -0.39 is 10.0 Å². The smallest absolute Gasteiger partial charge is 0.253 e. The molecule has 0 saturated carbocycles. The van der Waals surface area contributed by atoms with E-state index in [9.17, 15) is 13.2 Å². The van der Waals surface area contributed by atoms with Crippen molar-refractivity contribution in [2.24, 2.45) is 0 Å². The molecule has 2 heterocycles. The monoisotopic (exact) mass is 414 g/mol. The van der Waals surface area contributed by atoms with E-state index in [1.807, 2.05) is 18.2 Å². The summed E-state index contributed by atoms with van der Waals surface area (Å²) in [5.41, 5.74) is 2.63. The molecule has 29 heavy (non-hydrogen) atoms. The van der Waals surface area contributed by atoms with Crippen LogP contribution >= 0.6 is 0 Å². The van der Waals surface area contributed by atoms with E-state index in [-0.39, 0.29) is 18.2 Å². The Morgan fingerprint density at radius 3 is 2.66 bits per heavy atom. The molecule has 0 spiro atoms. The summed E-state index contributed by atoms with van der Waals surface area (Å²) in [5.74, 6) is -0.347. The summed E-state index contributed by atoms with van der Waals surface area (Å²) in [6, 6.07) is 12.7. The number of H-pyrrole nitrogens is 1. The first kappa shape index (κ1) is 19.6. The van der Waals surface area contributed by atoms with E-state index in [4.69, 9.17) is 4.74 Å². The minimum atomic E-state index is -3.44. The Labute approximate surface area is 168 Å². The van der Waals surface area contributed by atoms with Gasteiger partial charge in [0.25, 0.3) is 5.91 Å². The Morgan fingerprint density at radius 1 is 1.10 bits per heavy atom. The lowest BCUT2D eigenvalue weighted by Gasteiger charge is -2.26. The Kier molecular flexibility index (Phi) is 5.61. The molecular formula is C20H22N4O4S. The number of rotatable bonds is 6. The number of aromatic amines is 1. The van der Waals surface area contributed by atoms with Crippen LogP contribution < -0.4 is 5.32 Å². The van der Waals surface area contributed by atoms with Gasteiger partial charge in [-0.1, -0.05) is 36.4 Å². The summed E-state index contributed by atoms with van der Waals surface area (Å²) in [6.07, 6.45) is 1.66.